The van der Waals surface area contributed by atoms with Crippen molar-refractivity contribution in [3.05, 3.63) is 50.7 Å². The molecular weight excluding hydrogens is 330 g/mol. The van der Waals surface area contributed by atoms with Crippen molar-refractivity contribution in [2.45, 2.75) is 52.9 Å². The van der Waals surface area contributed by atoms with Crippen LogP contribution in [0.3, 0.4) is 0 Å². The Morgan fingerprint density at radius 1 is 1.27 bits per heavy atom. The minimum atomic E-state index is -0.495. The molecule has 0 aromatic carbocycles. The van der Waals surface area contributed by atoms with Gasteiger partial charge in [-0.15, -0.1) is 0 Å². The zero-order valence-electron chi connectivity index (χ0n) is 15.6. The molecule has 0 radical (unpaired) electrons. The number of rotatable bonds is 6. The predicted molar refractivity (Wildman–Crippen MR) is 98.2 cm³/mol. The third-order valence-electron chi connectivity index (χ3n) is 4.48. The summed E-state index contributed by atoms with van der Waals surface area (Å²) in [5.74, 6) is 0.783. The van der Waals surface area contributed by atoms with Crippen LogP contribution in [0.5, 0.6) is 0 Å². The van der Waals surface area contributed by atoms with Crippen LogP contribution >= 0.6 is 0 Å². The van der Waals surface area contributed by atoms with Gasteiger partial charge in [-0.1, -0.05) is 13.8 Å². The summed E-state index contributed by atoms with van der Waals surface area (Å²) in [5.41, 5.74) is 3.85. The molecule has 0 unspecified atom stereocenters. The van der Waals surface area contributed by atoms with Gasteiger partial charge in [-0.05, 0) is 50.2 Å². The van der Waals surface area contributed by atoms with Crippen molar-refractivity contribution < 1.29 is 4.79 Å². The van der Waals surface area contributed by atoms with Crippen LogP contribution in [0.1, 0.15) is 59.2 Å². The predicted octanol–water partition coefficient (Wildman–Crippen LogP) is 1.53. The largest absolute Gasteiger partial charge is 0.350 e. The fourth-order valence-electron chi connectivity index (χ4n) is 3.35. The minimum Gasteiger partial charge on any atom is -0.350 e. The molecule has 138 valence electrons. The minimum absolute atomic E-state index is 0.149. The van der Waals surface area contributed by atoms with Gasteiger partial charge < -0.3 is 10.3 Å². The summed E-state index contributed by atoms with van der Waals surface area (Å²) in [4.78, 5) is 39.6. The quantitative estimate of drug-likeness (QED) is 0.818. The maximum absolute atomic E-state index is 12.3. The van der Waals surface area contributed by atoms with Gasteiger partial charge in [-0.25, -0.2) is 14.8 Å². The summed E-state index contributed by atoms with van der Waals surface area (Å²) in [6, 6.07) is 1.65. The van der Waals surface area contributed by atoms with E-state index in [2.05, 4.69) is 39.1 Å². The molecule has 2 aromatic rings. The number of hydrogen-bond acceptors (Lipinski definition) is 5. The average Bonchev–Trinajstić information content (AvgIpc) is 3.02. The van der Waals surface area contributed by atoms with Gasteiger partial charge in [0.05, 0.1) is 0 Å². The Morgan fingerprint density at radius 2 is 2.08 bits per heavy atom. The number of nitrogens with one attached hydrogen (secondary N) is 2. The molecule has 0 atom stereocenters. The lowest BCUT2D eigenvalue weighted by Crippen LogP contribution is -2.30. The molecule has 1 amide bonds. The highest BCUT2D eigenvalue weighted by molar-refractivity contribution is 5.92. The number of carbonyl (C=O) groups excluding carboxylic acids is 1. The first-order valence-corrected chi connectivity index (χ1v) is 9.16. The molecule has 2 N–H and O–H groups in total. The Morgan fingerprint density at radius 3 is 2.85 bits per heavy atom. The molecule has 2 aromatic heterocycles. The highest BCUT2D eigenvalue weighted by atomic mass is 16.2. The van der Waals surface area contributed by atoms with E-state index < -0.39 is 5.69 Å². The van der Waals surface area contributed by atoms with Gasteiger partial charge in [-0.3, -0.25) is 4.79 Å². The van der Waals surface area contributed by atoms with Crippen molar-refractivity contribution >= 4 is 5.91 Å². The zero-order valence-corrected chi connectivity index (χ0v) is 15.6. The van der Waals surface area contributed by atoms with Gasteiger partial charge in [0.25, 0.3) is 5.91 Å². The van der Waals surface area contributed by atoms with Crippen LogP contribution in [0.4, 0.5) is 0 Å². The van der Waals surface area contributed by atoms with E-state index in [1.54, 1.807) is 6.07 Å². The standard InChI is InChI=1S/C19H25N5O2/c1-11(2)9-13-10-16(24-19(26)22-13)18(25)20-8-7-17-21-12(3)14-5-4-6-15(14)23-17/h10-11H,4-9H2,1-3H3,(H,20,25)(H,22,24,26). The van der Waals surface area contributed by atoms with Crippen LogP contribution in [-0.2, 0) is 25.7 Å². The number of fused-ring (bicyclic) bond motifs is 1. The maximum atomic E-state index is 12.3. The van der Waals surface area contributed by atoms with Gasteiger partial charge in [0.2, 0.25) is 0 Å². The second kappa shape index (κ2) is 7.76. The van der Waals surface area contributed by atoms with Crippen LogP contribution in [0.15, 0.2) is 10.9 Å². The number of nitrogens with zero attached hydrogens (tertiary/aromatic N) is 3. The number of aryl methyl sites for hydroxylation is 2. The smallest absolute Gasteiger partial charge is 0.345 e. The Bertz CT molecular complexity index is 873. The highest BCUT2D eigenvalue weighted by Crippen LogP contribution is 2.22. The van der Waals surface area contributed by atoms with E-state index in [9.17, 15) is 9.59 Å². The first kappa shape index (κ1) is 18.2. The molecule has 3 rings (SSSR count). The summed E-state index contributed by atoms with van der Waals surface area (Å²) in [6.45, 7) is 6.53. The Labute approximate surface area is 152 Å². The Hall–Kier alpha value is -2.57. The van der Waals surface area contributed by atoms with E-state index in [-0.39, 0.29) is 11.6 Å². The fourth-order valence-corrected chi connectivity index (χ4v) is 3.35. The molecule has 0 fully saturated rings. The second-order valence-electron chi connectivity index (χ2n) is 7.20. The molecule has 26 heavy (non-hydrogen) atoms. The third-order valence-corrected chi connectivity index (χ3v) is 4.48. The Kier molecular flexibility index (Phi) is 5.44. The summed E-state index contributed by atoms with van der Waals surface area (Å²) in [7, 11) is 0. The van der Waals surface area contributed by atoms with Crippen molar-refractivity contribution in [3.63, 3.8) is 0 Å². The molecule has 2 heterocycles. The topological polar surface area (TPSA) is 101 Å². The number of amides is 1. The van der Waals surface area contributed by atoms with Gasteiger partial charge >= 0.3 is 5.69 Å². The van der Waals surface area contributed by atoms with E-state index in [1.807, 2.05) is 6.92 Å². The molecule has 7 nitrogen and oxygen atoms in total. The monoisotopic (exact) mass is 355 g/mol. The molecule has 0 saturated carbocycles. The fraction of sp³-hybridized carbons (Fsp3) is 0.526. The molecular formula is C19H25N5O2. The number of H-pyrrole nitrogens is 1. The van der Waals surface area contributed by atoms with Crippen LogP contribution < -0.4 is 11.0 Å². The Balaban J connectivity index is 1.62. The second-order valence-corrected chi connectivity index (χ2v) is 7.20. The highest BCUT2D eigenvalue weighted by Gasteiger charge is 2.17. The molecule has 1 aliphatic carbocycles. The van der Waals surface area contributed by atoms with Crippen LogP contribution in [0.2, 0.25) is 0 Å². The van der Waals surface area contributed by atoms with Crippen molar-refractivity contribution in [2.75, 3.05) is 6.54 Å². The van der Waals surface area contributed by atoms with E-state index in [0.29, 0.717) is 25.3 Å². The van der Waals surface area contributed by atoms with Crippen molar-refractivity contribution in [1.82, 2.24) is 25.3 Å². The normalized spacial score (nSPS) is 13.1. The summed E-state index contributed by atoms with van der Waals surface area (Å²) in [6.07, 6.45) is 4.46. The lowest BCUT2D eigenvalue weighted by atomic mass is 10.1. The molecule has 0 bridgehead atoms. The summed E-state index contributed by atoms with van der Waals surface area (Å²) < 4.78 is 0. The van der Waals surface area contributed by atoms with Gasteiger partial charge in [0.1, 0.15) is 11.5 Å². The molecule has 0 saturated heterocycles. The summed E-state index contributed by atoms with van der Waals surface area (Å²) >= 11 is 0. The van der Waals surface area contributed by atoms with Gasteiger partial charge in [0.15, 0.2) is 0 Å². The zero-order chi connectivity index (χ0) is 18.7. The number of hydrogen-bond donors (Lipinski definition) is 2. The first-order valence-electron chi connectivity index (χ1n) is 9.16. The van der Waals surface area contributed by atoms with Crippen LogP contribution in [0.25, 0.3) is 0 Å². The maximum Gasteiger partial charge on any atom is 0.345 e. The third kappa shape index (κ3) is 4.33. The molecule has 1 aliphatic rings. The van der Waals surface area contributed by atoms with Crippen LogP contribution in [0, 0.1) is 12.8 Å². The van der Waals surface area contributed by atoms with Gasteiger partial charge in [-0.2, -0.15) is 4.98 Å². The van der Waals surface area contributed by atoms with Crippen molar-refractivity contribution in [3.8, 4) is 0 Å². The van der Waals surface area contributed by atoms with Crippen molar-refractivity contribution in [1.29, 1.82) is 0 Å². The average molecular weight is 355 g/mol. The van der Waals surface area contributed by atoms with Crippen molar-refractivity contribution in [2.24, 2.45) is 5.92 Å². The van der Waals surface area contributed by atoms with E-state index in [0.717, 1.165) is 42.2 Å². The molecule has 7 heteroatoms. The first-order chi connectivity index (χ1) is 12.4. The van der Waals surface area contributed by atoms with E-state index >= 15 is 0 Å². The van der Waals surface area contributed by atoms with Crippen LogP contribution in [-0.4, -0.2) is 32.4 Å². The molecule has 0 spiro atoms. The van der Waals surface area contributed by atoms with E-state index in [4.69, 9.17) is 0 Å². The number of aromatic nitrogens is 4. The summed E-state index contributed by atoms with van der Waals surface area (Å²) in [5, 5.41) is 2.81. The SMILES string of the molecule is Cc1nc(CCNC(=O)c2cc(CC(C)C)[nH]c(=O)n2)nc2c1CCC2. The number of aromatic amines is 1. The molecule has 0 aliphatic heterocycles. The number of carbonyl (C=O) groups is 1. The lowest BCUT2D eigenvalue weighted by molar-refractivity contribution is 0.0948. The van der Waals surface area contributed by atoms with Gasteiger partial charge in [0, 0.05) is 30.0 Å². The van der Waals surface area contributed by atoms with E-state index in [1.165, 1.54) is 5.56 Å². The lowest BCUT2D eigenvalue weighted by Gasteiger charge is -2.09.